The second-order valence-electron chi connectivity index (χ2n) is 3.68. The summed E-state index contributed by atoms with van der Waals surface area (Å²) in [5.74, 6) is 6.00. The number of anilines is 1. The average Bonchev–Trinajstić information content (AvgIpc) is 2.29. The maximum atomic E-state index is 8.62. The molecule has 2 rings (SSSR count). The molecule has 0 spiro atoms. The molecule has 0 saturated carbocycles. The number of benzene rings is 1. The number of aryl methyl sites for hydroxylation is 1. The number of aliphatic hydroxyl groups excluding tert-OH is 1. The van der Waals surface area contributed by atoms with E-state index in [1.54, 1.807) is 0 Å². The summed E-state index contributed by atoms with van der Waals surface area (Å²) in [4.78, 5) is 0. The van der Waals surface area contributed by atoms with Crippen LogP contribution in [-0.4, -0.2) is 18.3 Å². The molecule has 1 aliphatic rings. The summed E-state index contributed by atoms with van der Waals surface area (Å²) in [6.07, 6.45) is 2.88. The summed E-state index contributed by atoms with van der Waals surface area (Å²) >= 11 is 0. The highest BCUT2D eigenvalue weighted by Crippen LogP contribution is 2.22. The van der Waals surface area contributed by atoms with E-state index in [9.17, 15) is 0 Å². The van der Waals surface area contributed by atoms with Crippen molar-refractivity contribution in [1.29, 1.82) is 0 Å². The van der Waals surface area contributed by atoms with Gasteiger partial charge in [0.25, 0.3) is 0 Å². The Morgan fingerprint density at radius 2 is 2.33 bits per heavy atom. The number of hydrogen-bond donors (Lipinski definition) is 2. The van der Waals surface area contributed by atoms with E-state index in [0.29, 0.717) is 6.42 Å². The highest BCUT2D eigenvalue weighted by molar-refractivity contribution is 5.56. The van der Waals surface area contributed by atoms with Crippen LogP contribution in [0.25, 0.3) is 0 Å². The van der Waals surface area contributed by atoms with Gasteiger partial charge in [-0.2, -0.15) is 0 Å². The first-order chi connectivity index (χ1) is 7.40. The molecule has 0 unspecified atom stereocenters. The molecule has 2 nitrogen and oxygen atoms in total. The highest BCUT2D eigenvalue weighted by atomic mass is 16.2. The highest BCUT2D eigenvalue weighted by Gasteiger charge is 2.07. The second kappa shape index (κ2) is 4.86. The third-order valence-electron chi connectivity index (χ3n) is 2.51. The normalized spacial score (nSPS) is 13.4. The maximum absolute atomic E-state index is 8.62. The first-order valence-corrected chi connectivity index (χ1v) is 5.36. The van der Waals surface area contributed by atoms with Gasteiger partial charge in [-0.15, -0.1) is 0 Å². The van der Waals surface area contributed by atoms with Crippen molar-refractivity contribution in [2.45, 2.75) is 19.3 Å². The topological polar surface area (TPSA) is 32.3 Å². The summed E-state index contributed by atoms with van der Waals surface area (Å²) in [6, 6.07) is 6.27. The smallest absolute Gasteiger partial charge is 0.0540 e. The van der Waals surface area contributed by atoms with Crippen LogP contribution in [-0.2, 0) is 6.42 Å². The zero-order valence-electron chi connectivity index (χ0n) is 8.71. The summed E-state index contributed by atoms with van der Waals surface area (Å²) in [5, 5.41) is 12.0. The lowest BCUT2D eigenvalue weighted by atomic mass is 10.0. The predicted molar refractivity (Wildman–Crippen MR) is 61.8 cm³/mol. The Morgan fingerprint density at radius 3 is 3.20 bits per heavy atom. The lowest BCUT2D eigenvalue weighted by Crippen LogP contribution is -2.11. The summed E-state index contributed by atoms with van der Waals surface area (Å²) in [6.45, 7) is 1.21. The zero-order chi connectivity index (χ0) is 10.5. The third kappa shape index (κ3) is 2.51. The van der Waals surface area contributed by atoms with Crippen LogP contribution >= 0.6 is 0 Å². The molecule has 1 aromatic rings. The predicted octanol–water partition coefficient (Wildman–Crippen LogP) is 1.78. The van der Waals surface area contributed by atoms with Crippen LogP contribution in [0.5, 0.6) is 0 Å². The molecule has 0 atom stereocenters. The van der Waals surface area contributed by atoms with E-state index in [2.05, 4.69) is 29.3 Å². The average molecular weight is 201 g/mol. The van der Waals surface area contributed by atoms with E-state index in [-0.39, 0.29) is 6.61 Å². The van der Waals surface area contributed by atoms with Crippen LogP contribution < -0.4 is 5.32 Å². The molecular weight excluding hydrogens is 186 g/mol. The lowest BCUT2D eigenvalue weighted by molar-refractivity contribution is 0.305. The van der Waals surface area contributed by atoms with Gasteiger partial charge in [-0.25, -0.2) is 0 Å². The molecule has 1 aliphatic heterocycles. The number of rotatable bonds is 1. The zero-order valence-corrected chi connectivity index (χ0v) is 8.71. The molecule has 78 valence electrons. The van der Waals surface area contributed by atoms with Gasteiger partial charge in [-0.05, 0) is 36.6 Å². The minimum absolute atomic E-state index is 0.138. The van der Waals surface area contributed by atoms with Gasteiger partial charge in [0.2, 0.25) is 0 Å². The molecule has 2 N–H and O–H groups in total. The maximum Gasteiger partial charge on any atom is 0.0540 e. The van der Waals surface area contributed by atoms with Crippen molar-refractivity contribution in [2.75, 3.05) is 18.5 Å². The van der Waals surface area contributed by atoms with Gasteiger partial charge in [-0.1, -0.05) is 11.8 Å². The van der Waals surface area contributed by atoms with Crippen molar-refractivity contribution in [3.63, 3.8) is 0 Å². The van der Waals surface area contributed by atoms with Gasteiger partial charge in [0.05, 0.1) is 6.61 Å². The molecule has 0 bridgehead atoms. The van der Waals surface area contributed by atoms with Gasteiger partial charge in [0.1, 0.15) is 0 Å². The molecule has 2 heteroatoms. The number of nitrogens with one attached hydrogen (secondary N) is 1. The summed E-state index contributed by atoms with van der Waals surface area (Å²) in [7, 11) is 0. The van der Waals surface area contributed by atoms with Crippen molar-refractivity contribution in [3.8, 4) is 11.8 Å². The van der Waals surface area contributed by atoms with Gasteiger partial charge >= 0.3 is 0 Å². The van der Waals surface area contributed by atoms with E-state index in [0.717, 1.165) is 18.5 Å². The van der Waals surface area contributed by atoms with E-state index in [1.807, 2.05) is 6.07 Å². The molecule has 0 radical (unpaired) electrons. The molecule has 0 amide bonds. The number of hydrogen-bond acceptors (Lipinski definition) is 2. The van der Waals surface area contributed by atoms with Crippen molar-refractivity contribution >= 4 is 5.69 Å². The fraction of sp³-hybridized carbons (Fsp3) is 0.385. The monoisotopic (exact) mass is 201 g/mol. The Hall–Kier alpha value is -1.46. The fourth-order valence-corrected chi connectivity index (χ4v) is 1.77. The molecule has 15 heavy (non-hydrogen) atoms. The molecule has 1 heterocycles. The molecule has 1 aromatic carbocycles. The second-order valence-corrected chi connectivity index (χ2v) is 3.68. The van der Waals surface area contributed by atoms with Crippen LogP contribution in [0, 0.1) is 11.8 Å². The summed E-state index contributed by atoms with van der Waals surface area (Å²) in [5.41, 5.74) is 3.65. The Kier molecular flexibility index (Phi) is 3.26. The van der Waals surface area contributed by atoms with Gasteiger partial charge in [0.15, 0.2) is 0 Å². The largest absolute Gasteiger partial charge is 0.395 e. The van der Waals surface area contributed by atoms with Crippen LogP contribution in [0.4, 0.5) is 5.69 Å². The van der Waals surface area contributed by atoms with Gasteiger partial charge in [0, 0.05) is 24.2 Å². The van der Waals surface area contributed by atoms with Crippen LogP contribution in [0.1, 0.15) is 24.0 Å². The molecular formula is C13H15NO. The molecule has 0 fully saturated rings. The fourth-order valence-electron chi connectivity index (χ4n) is 1.77. The van der Waals surface area contributed by atoms with Crippen molar-refractivity contribution < 1.29 is 5.11 Å². The molecule has 0 saturated heterocycles. The van der Waals surface area contributed by atoms with Crippen molar-refractivity contribution in [1.82, 2.24) is 0 Å². The Bertz CT molecular complexity index is 401. The van der Waals surface area contributed by atoms with Gasteiger partial charge in [-0.3, -0.25) is 0 Å². The first-order valence-electron chi connectivity index (χ1n) is 5.36. The minimum atomic E-state index is 0.138. The number of fused-ring (bicyclic) bond motifs is 1. The Morgan fingerprint density at radius 1 is 1.40 bits per heavy atom. The SMILES string of the molecule is OCCC#Cc1ccc2c(c1)CCCN2. The van der Waals surface area contributed by atoms with Crippen LogP contribution in [0.2, 0.25) is 0 Å². The molecule has 0 aromatic heterocycles. The van der Waals surface area contributed by atoms with Crippen molar-refractivity contribution in [3.05, 3.63) is 29.3 Å². The number of aliphatic hydroxyl groups is 1. The lowest BCUT2D eigenvalue weighted by Gasteiger charge is -2.17. The van der Waals surface area contributed by atoms with E-state index >= 15 is 0 Å². The van der Waals surface area contributed by atoms with Crippen molar-refractivity contribution in [2.24, 2.45) is 0 Å². The van der Waals surface area contributed by atoms with E-state index in [1.165, 1.54) is 17.7 Å². The Labute approximate surface area is 90.3 Å². The van der Waals surface area contributed by atoms with E-state index in [4.69, 9.17) is 5.11 Å². The first kappa shape index (κ1) is 10.1. The van der Waals surface area contributed by atoms with Gasteiger partial charge < -0.3 is 10.4 Å². The van der Waals surface area contributed by atoms with E-state index < -0.39 is 0 Å². The standard InChI is InChI=1S/C13H15NO/c15-9-2-1-4-11-6-7-13-12(10-11)5-3-8-14-13/h6-7,10,14-15H,2-3,5,8-9H2. The molecule has 0 aliphatic carbocycles. The van der Waals surface area contributed by atoms with Crippen LogP contribution in [0.15, 0.2) is 18.2 Å². The third-order valence-corrected chi connectivity index (χ3v) is 2.51. The minimum Gasteiger partial charge on any atom is -0.395 e. The summed E-state index contributed by atoms with van der Waals surface area (Å²) < 4.78 is 0. The Balaban J connectivity index is 2.18. The quantitative estimate of drug-likeness (QED) is 0.679. The van der Waals surface area contributed by atoms with Crippen LogP contribution in [0.3, 0.4) is 0 Å².